The molecule has 1 heterocycles. The molecule has 0 spiro atoms. The van der Waals surface area contributed by atoms with Gasteiger partial charge in [0.05, 0.1) is 15.9 Å². The number of hydrogen-bond acceptors (Lipinski definition) is 5. The van der Waals surface area contributed by atoms with E-state index in [0.717, 1.165) is 11.3 Å². The second kappa shape index (κ2) is 6.84. The Balaban J connectivity index is 2.74. The minimum absolute atomic E-state index is 0.0390. The normalized spacial score (nSPS) is 13.3. The Morgan fingerprint density at radius 3 is 2.78 bits per heavy atom. The smallest absolute Gasteiger partial charge is 0.319 e. The van der Waals surface area contributed by atoms with Crippen LogP contribution in [0.1, 0.15) is 0 Å². The average molecular weight is 489 g/mol. The van der Waals surface area contributed by atoms with Gasteiger partial charge in [0, 0.05) is 6.54 Å². The number of nitrogens with one attached hydrogen (secondary N) is 1. The molecule has 0 fully saturated rings. The van der Waals surface area contributed by atoms with Crippen LogP contribution in [0.25, 0.3) is 0 Å². The molecule has 1 aromatic heterocycles. The monoisotopic (exact) mass is 487 g/mol. The quantitative estimate of drug-likeness (QED) is 0.393. The summed E-state index contributed by atoms with van der Waals surface area (Å²) < 4.78 is 30.6. The van der Waals surface area contributed by atoms with Gasteiger partial charge >= 0.3 is 5.97 Å². The SMILES string of the molecule is COC(=O)C(I)CNS(=O)(=O)c1cc(Cl)c(Br)s1. The number of thiophene rings is 1. The van der Waals surface area contributed by atoms with Crippen LogP contribution in [0.4, 0.5) is 0 Å². The molecule has 1 rings (SSSR count). The van der Waals surface area contributed by atoms with Crippen molar-refractivity contribution in [3.63, 3.8) is 0 Å². The second-order valence-corrected chi connectivity index (χ2v) is 9.30. The zero-order valence-corrected chi connectivity index (χ0v) is 15.1. The van der Waals surface area contributed by atoms with E-state index in [9.17, 15) is 13.2 Å². The van der Waals surface area contributed by atoms with Gasteiger partial charge in [0.25, 0.3) is 0 Å². The first-order chi connectivity index (χ1) is 8.27. The summed E-state index contributed by atoms with van der Waals surface area (Å²) in [5.41, 5.74) is 0. The first-order valence-electron chi connectivity index (χ1n) is 4.44. The van der Waals surface area contributed by atoms with Crippen LogP contribution in [0.3, 0.4) is 0 Å². The van der Waals surface area contributed by atoms with Gasteiger partial charge in [-0.2, -0.15) is 0 Å². The zero-order valence-electron chi connectivity index (χ0n) is 8.95. The van der Waals surface area contributed by atoms with Crippen LogP contribution in [0, 0.1) is 0 Å². The average Bonchev–Trinajstić information content (AvgIpc) is 2.66. The summed E-state index contributed by atoms with van der Waals surface area (Å²) in [5.74, 6) is -0.483. The molecule has 0 saturated carbocycles. The van der Waals surface area contributed by atoms with E-state index in [0.29, 0.717) is 8.81 Å². The Kier molecular flexibility index (Phi) is 6.32. The van der Waals surface area contributed by atoms with Gasteiger partial charge in [-0.3, -0.25) is 4.79 Å². The number of rotatable bonds is 5. The molecular formula is C8H8BrClINO4S2. The van der Waals surface area contributed by atoms with E-state index < -0.39 is 19.9 Å². The van der Waals surface area contributed by atoms with Crippen molar-refractivity contribution in [3.8, 4) is 0 Å². The summed E-state index contributed by atoms with van der Waals surface area (Å²) in [7, 11) is -2.41. The minimum atomic E-state index is -3.66. The third kappa shape index (κ3) is 4.30. The maximum atomic E-state index is 11.9. The molecular weight excluding hydrogens is 480 g/mol. The van der Waals surface area contributed by atoms with E-state index in [1.165, 1.54) is 13.2 Å². The van der Waals surface area contributed by atoms with Crippen molar-refractivity contribution in [3.05, 3.63) is 14.9 Å². The Labute approximate surface area is 136 Å². The second-order valence-electron chi connectivity index (χ2n) is 3.03. The van der Waals surface area contributed by atoms with Gasteiger partial charge in [-0.15, -0.1) is 11.3 Å². The van der Waals surface area contributed by atoms with Crippen molar-refractivity contribution in [1.82, 2.24) is 4.72 Å². The fourth-order valence-corrected chi connectivity index (χ4v) is 5.19. The van der Waals surface area contributed by atoms with E-state index in [1.54, 1.807) is 22.6 Å². The maximum Gasteiger partial charge on any atom is 0.319 e. The lowest BCUT2D eigenvalue weighted by Crippen LogP contribution is -2.33. The van der Waals surface area contributed by atoms with Crippen molar-refractivity contribution in [2.24, 2.45) is 0 Å². The molecule has 0 aliphatic carbocycles. The molecule has 0 aromatic carbocycles. The van der Waals surface area contributed by atoms with E-state index in [2.05, 4.69) is 25.4 Å². The van der Waals surface area contributed by atoms with Crippen LogP contribution >= 0.6 is 61.5 Å². The topological polar surface area (TPSA) is 72.5 Å². The Morgan fingerprint density at radius 2 is 2.33 bits per heavy atom. The van der Waals surface area contributed by atoms with Gasteiger partial charge in [-0.25, -0.2) is 13.1 Å². The molecule has 0 aliphatic rings. The molecule has 0 bridgehead atoms. The fourth-order valence-electron chi connectivity index (χ4n) is 0.924. The summed E-state index contributed by atoms with van der Waals surface area (Å²) in [5, 5.41) is 0.333. The van der Waals surface area contributed by atoms with Crippen molar-refractivity contribution in [2.45, 2.75) is 8.13 Å². The van der Waals surface area contributed by atoms with Crippen LogP contribution in [0.2, 0.25) is 5.02 Å². The zero-order chi connectivity index (χ0) is 13.9. The molecule has 0 amide bonds. The highest BCUT2D eigenvalue weighted by Gasteiger charge is 2.22. The largest absolute Gasteiger partial charge is 0.468 e. The molecule has 1 atom stereocenters. The predicted molar refractivity (Wildman–Crippen MR) is 82.0 cm³/mol. The number of halogens is 3. The van der Waals surface area contributed by atoms with E-state index in [4.69, 9.17) is 11.6 Å². The Bertz CT molecular complexity index is 528. The van der Waals surface area contributed by atoms with Crippen LogP contribution < -0.4 is 4.72 Å². The summed E-state index contributed by atoms with van der Waals surface area (Å²) in [6.45, 7) is -0.0390. The highest BCUT2D eigenvalue weighted by Crippen LogP contribution is 2.34. The third-order valence-corrected chi connectivity index (χ3v) is 7.12. The molecule has 0 aliphatic heterocycles. The number of carbonyl (C=O) groups is 1. The first kappa shape index (κ1) is 16.6. The van der Waals surface area contributed by atoms with Crippen molar-refractivity contribution >= 4 is 77.5 Å². The standard InChI is InChI=1S/C8H8BrClINO4S2/c1-16-8(13)5(11)3-12-18(14,15)6-2-4(10)7(9)17-6/h2,5,12H,3H2,1H3. The summed E-state index contributed by atoms with van der Waals surface area (Å²) in [6, 6.07) is 1.35. The van der Waals surface area contributed by atoms with Crippen molar-refractivity contribution in [1.29, 1.82) is 0 Å². The van der Waals surface area contributed by atoms with Gasteiger partial charge in [-0.1, -0.05) is 34.2 Å². The lowest BCUT2D eigenvalue weighted by Gasteiger charge is -2.08. The van der Waals surface area contributed by atoms with Crippen LogP contribution in [-0.4, -0.2) is 32.0 Å². The first-order valence-corrected chi connectivity index (χ1v) is 9.16. The summed E-state index contributed by atoms with van der Waals surface area (Å²) >= 11 is 11.7. The minimum Gasteiger partial charge on any atom is -0.468 e. The van der Waals surface area contributed by atoms with Crippen LogP contribution in [0.5, 0.6) is 0 Å². The highest BCUT2D eigenvalue weighted by molar-refractivity contribution is 14.1. The summed E-state index contributed by atoms with van der Waals surface area (Å²) in [4.78, 5) is 11.1. The number of carbonyl (C=O) groups excluding carboxylic acids is 1. The number of alkyl halides is 1. The molecule has 18 heavy (non-hydrogen) atoms. The lowest BCUT2D eigenvalue weighted by molar-refractivity contribution is -0.139. The number of methoxy groups -OCH3 is 1. The van der Waals surface area contributed by atoms with Gasteiger partial charge in [0.2, 0.25) is 10.0 Å². The number of sulfonamides is 1. The number of ether oxygens (including phenoxy) is 1. The van der Waals surface area contributed by atoms with Crippen LogP contribution in [-0.2, 0) is 19.6 Å². The molecule has 1 unspecified atom stereocenters. The number of hydrogen-bond donors (Lipinski definition) is 1. The van der Waals surface area contributed by atoms with E-state index in [-0.39, 0.29) is 10.8 Å². The highest BCUT2D eigenvalue weighted by atomic mass is 127. The molecule has 1 N–H and O–H groups in total. The Hall–Kier alpha value is 0.580. The van der Waals surface area contributed by atoms with E-state index in [1.807, 2.05) is 0 Å². The van der Waals surface area contributed by atoms with Gasteiger partial charge in [0.1, 0.15) is 8.13 Å². The third-order valence-electron chi connectivity index (χ3n) is 1.80. The molecule has 10 heteroatoms. The molecule has 0 radical (unpaired) electrons. The molecule has 1 aromatic rings. The van der Waals surface area contributed by atoms with Crippen LogP contribution in [0.15, 0.2) is 14.1 Å². The van der Waals surface area contributed by atoms with Gasteiger partial charge < -0.3 is 4.74 Å². The maximum absolute atomic E-state index is 11.9. The predicted octanol–water partition coefficient (Wildman–Crippen LogP) is 2.42. The Morgan fingerprint density at radius 1 is 1.72 bits per heavy atom. The summed E-state index contributed by atoms with van der Waals surface area (Å²) in [6.07, 6.45) is 0. The molecule has 5 nitrogen and oxygen atoms in total. The number of esters is 1. The molecule has 102 valence electrons. The molecule has 0 saturated heterocycles. The van der Waals surface area contributed by atoms with Gasteiger partial charge in [-0.05, 0) is 22.0 Å². The van der Waals surface area contributed by atoms with E-state index >= 15 is 0 Å². The fraction of sp³-hybridized carbons (Fsp3) is 0.375. The lowest BCUT2D eigenvalue weighted by atomic mass is 10.4. The van der Waals surface area contributed by atoms with Crippen molar-refractivity contribution < 1.29 is 17.9 Å². The van der Waals surface area contributed by atoms with Gasteiger partial charge in [0.15, 0.2) is 0 Å². The van der Waals surface area contributed by atoms with Crippen molar-refractivity contribution in [2.75, 3.05) is 13.7 Å².